The molecule has 1 aliphatic rings. The molecule has 1 aromatic rings. The van der Waals surface area contributed by atoms with Gasteiger partial charge in [0.1, 0.15) is 0 Å². The van der Waals surface area contributed by atoms with Crippen LogP contribution in [-0.2, 0) is 11.2 Å². The minimum Gasteiger partial charge on any atom is -0.376 e. The maximum atomic E-state index is 5.98. The highest BCUT2D eigenvalue weighted by Crippen LogP contribution is 2.19. The Labute approximate surface area is 82.7 Å². The number of hydrogen-bond donors (Lipinski definition) is 1. The summed E-state index contributed by atoms with van der Waals surface area (Å²) < 4.78 is 5.65. The molecule has 0 spiro atoms. The third kappa shape index (κ3) is 2.30. The Bertz CT molecular complexity index is 247. The maximum absolute atomic E-state index is 5.98. The van der Waals surface area contributed by atoms with E-state index in [-0.39, 0.29) is 12.1 Å². The summed E-state index contributed by atoms with van der Waals surface area (Å²) >= 11 is 1.78. The second-order valence-electron chi connectivity index (χ2n) is 3.50. The minimum absolute atomic E-state index is 0.232. The number of rotatable bonds is 2. The molecule has 0 radical (unpaired) electrons. The van der Waals surface area contributed by atoms with Crippen LogP contribution in [0.4, 0.5) is 0 Å². The molecule has 2 rings (SSSR count). The number of nitrogens with two attached hydrogens (primary N) is 1. The molecule has 2 N–H and O–H groups in total. The van der Waals surface area contributed by atoms with Crippen LogP contribution in [0.3, 0.4) is 0 Å². The Morgan fingerprint density at radius 2 is 2.54 bits per heavy atom. The van der Waals surface area contributed by atoms with Gasteiger partial charge in [-0.3, -0.25) is 0 Å². The van der Waals surface area contributed by atoms with E-state index in [1.54, 1.807) is 11.3 Å². The molecule has 1 fully saturated rings. The fraction of sp³-hybridized carbons (Fsp3) is 0.600. The van der Waals surface area contributed by atoms with Gasteiger partial charge in [-0.05, 0) is 24.3 Å². The van der Waals surface area contributed by atoms with Crippen LogP contribution in [0.5, 0.6) is 0 Å². The normalized spacial score (nSPS) is 29.0. The molecule has 13 heavy (non-hydrogen) atoms. The Hall–Kier alpha value is -0.380. The van der Waals surface area contributed by atoms with Crippen LogP contribution in [-0.4, -0.2) is 18.8 Å². The van der Waals surface area contributed by atoms with Gasteiger partial charge in [-0.15, -0.1) is 11.3 Å². The molecule has 2 unspecified atom stereocenters. The molecular weight excluding hydrogens is 182 g/mol. The molecule has 0 aromatic carbocycles. The first-order chi connectivity index (χ1) is 6.36. The van der Waals surface area contributed by atoms with Gasteiger partial charge in [0.2, 0.25) is 0 Å². The maximum Gasteiger partial charge on any atom is 0.0774 e. The first-order valence-corrected chi connectivity index (χ1v) is 5.64. The van der Waals surface area contributed by atoms with Crippen LogP contribution in [0.1, 0.15) is 17.7 Å². The van der Waals surface area contributed by atoms with Crippen molar-refractivity contribution in [1.29, 1.82) is 0 Å². The van der Waals surface area contributed by atoms with Gasteiger partial charge in [-0.1, -0.05) is 6.07 Å². The van der Waals surface area contributed by atoms with Crippen LogP contribution in [0.15, 0.2) is 17.5 Å². The number of thiophene rings is 1. The second kappa shape index (κ2) is 4.22. The van der Waals surface area contributed by atoms with Gasteiger partial charge in [0.15, 0.2) is 0 Å². The Kier molecular flexibility index (Phi) is 2.98. The molecular formula is C10H15NOS. The van der Waals surface area contributed by atoms with Crippen molar-refractivity contribution < 1.29 is 4.74 Å². The van der Waals surface area contributed by atoms with Crippen molar-refractivity contribution in [3.8, 4) is 0 Å². The van der Waals surface area contributed by atoms with Crippen molar-refractivity contribution in [2.45, 2.75) is 31.4 Å². The van der Waals surface area contributed by atoms with Gasteiger partial charge in [-0.2, -0.15) is 0 Å². The quantitative estimate of drug-likeness (QED) is 0.784. The van der Waals surface area contributed by atoms with Gasteiger partial charge < -0.3 is 10.5 Å². The van der Waals surface area contributed by atoms with E-state index in [9.17, 15) is 0 Å². The van der Waals surface area contributed by atoms with Crippen molar-refractivity contribution in [3.63, 3.8) is 0 Å². The van der Waals surface area contributed by atoms with Crippen LogP contribution in [0, 0.1) is 0 Å². The van der Waals surface area contributed by atoms with Crippen molar-refractivity contribution in [3.05, 3.63) is 22.4 Å². The first-order valence-electron chi connectivity index (χ1n) is 4.76. The number of ether oxygens (including phenoxy) is 1. The molecule has 0 bridgehead atoms. The third-order valence-electron chi connectivity index (χ3n) is 2.47. The molecule has 72 valence electrons. The van der Waals surface area contributed by atoms with Crippen molar-refractivity contribution in [2.24, 2.45) is 5.73 Å². The zero-order chi connectivity index (χ0) is 9.10. The fourth-order valence-electron chi connectivity index (χ4n) is 1.70. The van der Waals surface area contributed by atoms with Crippen LogP contribution < -0.4 is 5.73 Å². The lowest BCUT2D eigenvalue weighted by molar-refractivity contribution is 0.00275. The molecule has 2 nitrogen and oxygen atoms in total. The predicted octanol–water partition coefficient (Wildman–Crippen LogP) is 1.80. The molecule has 2 heterocycles. The monoisotopic (exact) mass is 197 g/mol. The Morgan fingerprint density at radius 1 is 1.62 bits per heavy atom. The molecule has 0 saturated carbocycles. The highest BCUT2D eigenvalue weighted by molar-refractivity contribution is 7.09. The van der Waals surface area contributed by atoms with Crippen LogP contribution in [0.25, 0.3) is 0 Å². The lowest BCUT2D eigenvalue weighted by Crippen LogP contribution is -2.41. The van der Waals surface area contributed by atoms with E-state index >= 15 is 0 Å². The van der Waals surface area contributed by atoms with Gasteiger partial charge in [-0.25, -0.2) is 0 Å². The van der Waals surface area contributed by atoms with E-state index in [0.29, 0.717) is 0 Å². The van der Waals surface area contributed by atoms with E-state index in [0.717, 1.165) is 25.9 Å². The Morgan fingerprint density at radius 3 is 3.23 bits per heavy atom. The van der Waals surface area contributed by atoms with Crippen molar-refractivity contribution in [1.82, 2.24) is 0 Å². The summed E-state index contributed by atoms with van der Waals surface area (Å²) in [7, 11) is 0. The highest BCUT2D eigenvalue weighted by Gasteiger charge is 2.22. The average molecular weight is 197 g/mol. The summed E-state index contributed by atoms with van der Waals surface area (Å²) in [5, 5.41) is 2.10. The highest BCUT2D eigenvalue weighted by atomic mass is 32.1. The van der Waals surface area contributed by atoms with Gasteiger partial charge in [0.05, 0.1) is 6.10 Å². The lowest BCUT2D eigenvalue weighted by Gasteiger charge is -2.28. The predicted molar refractivity (Wildman–Crippen MR) is 55.0 cm³/mol. The summed E-state index contributed by atoms with van der Waals surface area (Å²) in [6.07, 6.45) is 3.45. The number of hydrogen-bond acceptors (Lipinski definition) is 3. The van der Waals surface area contributed by atoms with E-state index in [4.69, 9.17) is 10.5 Å². The lowest BCUT2D eigenvalue weighted by atomic mass is 10.0. The summed E-state index contributed by atoms with van der Waals surface area (Å²) in [6, 6.07) is 4.46. The van der Waals surface area contributed by atoms with E-state index in [1.807, 2.05) is 0 Å². The zero-order valence-electron chi connectivity index (χ0n) is 7.61. The van der Waals surface area contributed by atoms with Crippen molar-refractivity contribution >= 4 is 11.3 Å². The standard InChI is InChI=1S/C10H15NOS/c11-9-4-1-5-12-10(9)7-8-3-2-6-13-8/h2-3,6,9-10H,1,4-5,7,11H2. The van der Waals surface area contributed by atoms with Crippen LogP contribution >= 0.6 is 11.3 Å². The smallest absolute Gasteiger partial charge is 0.0774 e. The topological polar surface area (TPSA) is 35.2 Å². The van der Waals surface area contributed by atoms with Crippen molar-refractivity contribution in [2.75, 3.05) is 6.61 Å². The molecule has 3 heteroatoms. The Balaban J connectivity index is 1.93. The first kappa shape index (κ1) is 9.19. The van der Waals surface area contributed by atoms with Gasteiger partial charge in [0, 0.05) is 23.9 Å². The summed E-state index contributed by atoms with van der Waals surface area (Å²) in [6.45, 7) is 0.879. The van der Waals surface area contributed by atoms with Crippen LogP contribution in [0.2, 0.25) is 0 Å². The summed E-state index contributed by atoms with van der Waals surface area (Å²) in [5.74, 6) is 0. The van der Waals surface area contributed by atoms with E-state index in [2.05, 4.69) is 17.5 Å². The summed E-state index contributed by atoms with van der Waals surface area (Å²) in [5.41, 5.74) is 5.98. The van der Waals surface area contributed by atoms with Gasteiger partial charge in [0.25, 0.3) is 0 Å². The molecule has 1 aliphatic heterocycles. The molecule has 2 atom stereocenters. The average Bonchev–Trinajstić information content (AvgIpc) is 2.61. The third-order valence-corrected chi connectivity index (χ3v) is 3.37. The largest absolute Gasteiger partial charge is 0.376 e. The van der Waals surface area contributed by atoms with E-state index < -0.39 is 0 Å². The summed E-state index contributed by atoms with van der Waals surface area (Å²) in [4.78, 5) is 1.38. The van der Waals surface area contributed by atoms with Gasteiger partial charge >= 0.3 is 0 Å². The SMILES string of the molecule is NC1CCCOC1Cc1cccs1. The second-order valence-corrected chi connectivity index (χ2v) is 4.53. The van der Waals surface area contributed by atoms with E-state index in [1.165, 1.54) is 4.88 Å². The molecule has 1 saturated heterocycles. The molecule has 1 aromatic heterocycles. The fourth-order valence-corrected chi connectivity index (χ4v) is 2.45. The zero-order valence-corrected chi connectivity index (χ0v) is 8.43. The minimum atomic E-state index is 0.232. The molecule has 0 amide bonds. The molecule has 0 aliphatic carbocycles.